The van der Waals surface area contributed by atoms with Crippen molar-refractivity contribution in [3.8, 4) is 0 Å². The average molecular weight is 301 g/mol. The highest BCUT2D eigenvalue weighted by Gasteiger charge is 2.41. The molecule has 0 aliphatic carbocycles. The van der Waals surface area contributed by atoms with E-state index in [1.807, 2.05) is 6.08 Å². The van der Waals surface area contributed by atoms with Crippen molar-refractivity contribution in [2.24, 2.45) is 5.41 Å². The summed E-state index contributed by atoms with van der Waals surface area (Å²) >= 11 is 0. The molecule has 0 amide bonds. The molecule has 0 aromatic heterocycles. The predicted octanol–water partition coefficient (Wildman–Crippen LogP) is 4.54. The van der Waals surface area contributed by atoms with Crippen LogP contribution in [-0.4, -0.2) is 27.0 Å². The van der Waals surface area contributed by atoms with Crippen LogP contribution in [0.4, 0.5) is 0 Å². The van der Waals surface area contributed by atoms with Crippen molar-refractivity contribution in [3.05, 3.63) is 12.2 Å². The van der Waals surface area contributed by atoms with Gasteiger partial charge in [-0.15, -0.1) is 0 Å². The van der Waals surface area contributed by atoms with Gasteiger partial charge >= 0.3 is 5.97 Å². The smallest absolute Gasteiger partial charge is 0.330 e. The normalized spacial score (nSPS) is 15.4. The molecule has 0 aliphatic rings. The van der Waals surface area contributed by atoms with Gasteiger partial charge in [0.15, 0.2) is 8.32 Å². The van der Waals surface area contributed by atoms with Crippen LogP contribution in [-0.2, 0) is 14.0 Å². The van der Waals surface area contributed by atoms with E-state index in [1.165, 1.54) is 6.08 Å². The molecular formula is C16H32O3Si. The molecule has 3 nitrogen and oxygen atoms in total. The zero-order valence-electron chi connectivity index (χ0n) is 14.7. The summed E-state index contributed by atoms with van der Waals surface area (Å²) in [7, 11) is -1.87. The van der Waals surface area contributed by atoms with Crippen molar-refractivity contribution in [2.45, 2.75) is 72.7 Å². The number of carbonyl (C=O) groups is 1. The Kier molecular flexibility index (Phi) is 6.69. The lowest BCUT2D eigenvalue weighted by atomic mass is 9.89. The van der Waals surface area contributed by atoms with Crippen LogP contribution in [0.15, 0.2) is 12.2 Å². The van der Waals surface area contributed by atoms with Gasteiger partial charge in [-0.2, -0.15) is 0 Å². The monoisotopic (exact) mass is 300 g/mol. The van der Waals surface area contributed by atoms with Crippen LogP contribution in [0.2, 0.25) is 18.1 Å². The van der Waals surface area contributed by atoms with Crippen molar-refractivity contribution in [3.63, 3.8) is 0 Å². The highest BCUT2D eigenvalue weighted by Crippen LogP contribution is 2.39. The zero-order valence-corrected chi connectivity index (χ0v) is 15.7. The molecule has 0 fully saturated rings. The van der Waals surface area contributed by atoms with E-state index in [0.29, 0.717) is 6.61 Å². The van der Waals surface area contributed by atoms with E-state index in [4.69, 9.17) is 9.16 Å². The molecule has 0 radical (unpaired) electrons. The quantitative estimate of drug-likeness (QED) is 0.425. The summed E-state index contributed by atoms with van der Waals surface area (Å²) in [6.07, 6.45) is 3.25. The van der Waals surface area contributed by atoms with E-state index >= 15 is 0 Å². The molecule has 4 heteroatoms. The van der Waals surface area contributed by atoms with Crippen LogP contribution in [0.1, 0.15) is 48.5 Å². The molecule has 1 atom stereocenters. The fraction of sp³-hybridized carbons (Fsp3) is 0.812. The van der Waals surface area contributed by atoms with Gasteiger partial charge in [0, 0.05) is 6.08 Å². The molecule has 0 N–H and O–H groups in total. The molecule has 0 aliphatic heterocycles. The van der Waals surface area contributed by atoms with E-state index in [9.17, 15) is 4.79 Å². The zero-order chi connectivity index (χ0) is 16.2. The van der Waals surface area contributed by atoms with Crippen molar-refractivity contribution in [2.75, 3.05) is 6.61 Å². The summed E-state index contributed by atoms with van der Waals surface area (Å²) in [4.78, 5) is 11.5. The van der Waals surface area contributed by atoms with Gasteiger partial charge in [0.1, 0.15) is 0 Å². The van der Waals surface area contributed by atoms with E-state index in [2.05, 4.69) is 54.6 Å². The van der Waals surface area contributed by atoms with E-state index < -0.39 is 8.32 Å². The van der Waals surface area contributed by atoms with Crippen LogP contribution in [0.25, 0.3) is 0 Å². The van der Waals surface area contributed by atoms with Crippen molar-refractivity contribution in [1.29, 1.82) is 0 Å². The second-order valence-corrected chi connectivity index (χ2v) is 12.5. The highest BCUT2D eigenvalue weighted by molar-refractivity contribution is 6.74. The Hall–Kier alpha value is -0.613. The lowest BCUT2D eigenvalue weighted by molar-refractivity contribution is -0.137. The Morgan fingerprint density at radius 3 is 2.00 bits per heavy atom. The lowest BCUT2D eigenvalue weighted by Gasteiger charge is -2.42. The van der Waals surface area contributed by atoms with Crippen LogP contribution >= 0.6 is 0 Å². The minimum atomic E-state index is -1.87. The minimum Gasteiger partial charge on any atom is -0.463 e. The molecule has 0 aromatic carbocycles. The minimum absolute atomic E-state index is 0.0570. The summed E-state index contributed by atoms with van der Waals surface area (Å²) in [5.74, 6) is -0.305. The van der Waals surface area contributed by atoms with Gasteiger partial charge in [-0.3, -0.25) is 0 Å². The second-order valence-electron chi connectivity index (χ2n) is 7.78. The summed E-state index contributed by atoms with van der Waals surface area (Å²) in [6.45, 7) is 19.7. The van der Waals surface area contributed by atoms with E-state index in [-0.39, 0.29) is 22.5 Å². The maximum Gasteiger partial charge on any atom is 0.330 e. The Labute approximate surface area is 125 Å². The fourth-order valence-electron chi connectivity index (χ4n) is 1.36. The number of esters is 1. The molecule has 20 heavy (non-hydrogen) atoms. The van der Waals surface area contributed by atoms with Crippen molar-refractivity contribution >= 4 is 14.3 Å². The van der Waals surface area contributed by atoms with Crippen LogP contribution in [0.5, 0.6) is 0 Å². The standard InChI is InChI=1S/C16H32O3Si/c1-10-18-14(17)12-11-13(15(2,3)4)19-20(8,9)16(5,6)7/h11-13H,10H2,1-9H3/b12-11+/t13-/m0/s1. The number of rotatable bonds is 5. The topological polar surface area (TPSA) is 35.5 Å². The molecule has 0 aromatic rings. The summed E-state index contributed by atoms with van der Waals surface area (Å²) < 4.78 is 11.4. The highest BCUT2D eigenvalue weighted by atomic mass is 28.4. The molecular weight excluding hydrogens is 268 g/mol. The van der Waals surface area contributed by atoms with Crippen LogP contribution in [0.3, 0.4) is 0 Å². The molecule has 0 saturated carbocycles. The molecule has 0 rings (SSSR count). The van der Waals surface area contributed by atoms with E-state index in [1.54, 1.807) is 6.92 Å². The van der Waals surface area contributed by atoms with Crippen LogP contribution in [0, 0.1) is 5.41 Å². The first kappa shape index (κ1) is 19.4. The Balaban J connectivity index is 5.08. The average Bonchev–Trinajstić information content (AvgIpc) is 2.21. The first-order valence-electron chi connectivity index (χ1n) is 7.34. The van der Waals surface area contributed by atoms with Gasteiger partial charge in [0.25, 0.3) is 0 Å². The molecule has 0 unspecified atom stereocenters. The Bertz CT molecular complexity index is 346. The van der Waals surface area contributed by atoms with Crippen molar-refractivity contribution < 1.29 is 14.0 Å². The van der Waals surface area contributed by atoms with Gasteiger partial charge in [-0.25, -0.2) is 4.79 Å². The van der Waals surface area contributed by atoms with Gasteiger partial charge in [0.05, 0.1) is 12.7 Å². The molecule has 0 bridgehead atoms. The van der Waals surface area contributed by atoms with Gasteiger partial charge in [-0.1, -0.05) is 41.5 Å². The summed E-state index contributed by atoms with van der Waals surface area (Å²) in [5, 5.41) is 0.147. The van der Waals surface area contributed by atoms with Gasteiger partial charge < -0.3 is 9.16 Å². The summed E-state index contributed by atoms with van der Waals surface area (Å²) in [5.41, 5.74) is -0.0570. The maximum atomic E-state index is 11.5. The maximum absolute atomic E-state index is 11.5. The number of carbonyl (C=O) groups excluding carboxylic acids is 1. The lowest BCUT2D eigenvalue weighted by Crippen LogP contribution is -2.46. The first-order valence-corrected chi connectivity index (χ1v) is 10.2. The van der Waals surface area contributed by atoms with Crippen molar-refractivity contribution in [1.82, 2.24) is 0 Å². The predicted molar refractivity (Wildman–Crippen MR) is 87.3 cm³/mol. The molecule has 0 saturated heterocycles. The summed E-state index contributed by atoms with van der Waals surface area (Å²) in [6, 6.07) is 0. The fourth-order valence-corrected chi connectivity index (χ4v) is 2.78. The number of hydrogen-bond donors (Lipinski definition) is 0. The third-order valence-electron chi connectivity index (χ3n) is 3.78. The largest absolute Gasteiger partial charge is 0.463 e. The first-order chi connectivity index (χ1) is 8.81. The number of ether oxygens (including phenoxy) is 1. The van der Waals surface area contributed by atoms with Gasteiger partial charge in [0.2, 0.25) is 0 Å². The molecule has 0 spiro atoms. The SMILES string of the molecule is CCOC(=O)/C=C/[C@H](O[Si](C)(C)C(C)(C)C)C(C)(C)C. The number of hydrogen-bond acceptors (Lipinski definition) is 3. The second kappa shape index (κ2) is 6.90. The molecule has 118 valence electrons. The Morgan fingerprint density at radius 1 is 1.15 bits per heavy atom. The third kappa shape index (κ3) is 6.22. The Morgan fingerprint density at radius 2 is 1.65 bits per heavy atom. The third-order valence-corrected chi connectivity index (χ3v) is 8.23. The van der Waals surface area contributed by atoms with Gasteiger partial charge in [-0.05, 0) is 36.5 Å². The van der Waals surface area contributed by atoms with Crippen LogP contribution < -0.4 is 0 Å². The van der Waals surface area contributed by atoms with E-state index in [0.717, 1.165) is 0 Å². The molecule has 0 heterocycles.